The third kappa shape index (κ3) is 1.66. The van der Waals surface area contributed by atoms with Crippen molar-refractivity contribution in [2.45, 2.75) is 45.8 Å². The van der Waals surface area contributed by atoms with Gasteiger partial charge >= 0.3 is 0 Å². The topological polar surface area (TPSA) is 50.9 Å². The molecule has 1 aromatic rings. The van der Waals surface area contributed by atoms with Crippen molar-refractivity contribution >= 4 is 0 Å². The van der Waals surface area contributed by atoms with Crippen LogP contribution in [0.4, 0.5) is 0 Å². The predicted octanol–water partition coefficient (Wildman–Crippen LogP) is 1.30. The summed E-state index contributed by atoms with van der Waals surface area (Å²) < 4.78 is 1.91. The van der Waals surface area contributed by atoms with Gasteiger partial charge in [0.2, 0.25) is 0 Å². The molecule has 1 aliphatic rings. The van der Waals surface area contributed by atoms with Crippen molar-refractivity contribution in [3.63, 3.8) is 0 Å². The van der Waals surface area contributed by atoms with Crippen LogP contribution in [0, 0.1) is 5.92 Å². The molecule has 4 nitrogen and oxygen atoms in total. The summed E-state index contributed by atoms with van der Waals surface area (Å²) in [6.07, 6.45) is 3.28. The van der Waals surface area contributed by atoms with E-state index in [0.29, 0.717) is 5.92 Å². The number of aliphatic hydroxyl groups excluding tert-OH is 1. The first-order chi connectivity index (χ1) is 6.68. The van der Waals surface area contributed by atoms with Crippen LogP contribution in [-0.4, -0.2) is 19.9 Å². The molecule has 0 fully saturated rings. The fraction of sp³-hybridized carbons (Fsp3) is 0.800. The maximum atomic E-state index is 9.83. The summed E-state index contributed by atoms with van der Waals surface area (Å²) >= 11 is 0. The number of hydrogen-bond acceptors (Lipinski definition) is 3. The average Bonchev–Trinajstić information content (AvgIpc) is 2.49. The van der Waals surface area contributed by atoms with Crippen molar-refractivity contribution in [1.29, 1.82) is 0 Å². The second kappa shape index (κ2) is 3.69. The van der Waals surface area contributed by atoms with Crippen LogP contribution >= 0.6 is 0 Å². The third-order valence-corrected chi connectivity index (χ3v) is 2.59. The van der Waals surface area contributed by atoms with Gasteiger partial charge in [-0.05, 0) is 18.8 Å². The highest BCUT2D eigenvalue weighted by atomic mass is 16.3. The van der Waals surface area contributed by atoms with Crippen LogP contribution in [0.3, 0.4) is 0 Å². The average molecular weight is 195 g/mol. The van der Waals surface area contributed by atoms with E-state index >= 15 is 0 Å². The molecule has 1 atom stereocenters. The Morgan fingerprint density at radius 3 is 3.00 bits per heavy atom. The first-order valence-electron chi connectivity index (χ1n) is 5.29. The standard InChI is InChI=1S/C10H17N3O/c1-7(2)6-9-12-11-8-4-3-5-10(14)13(8)9/h7,10,14H,3-6H2,1-2H3. The SMILES string of the molecule is CC(C)Cc1nnc2n1C(O)CCC2. The van der Waals surface area contributed by atoms with E-state index < -0.39 is 6.23 Å². The first-order valence-corrected chi connectivity index (χ1v) is 5.29. The molecule has 0 saturated heterocycles. The van der Waals surface area contributed by atoms with Crippen LogP contribution in [0.15, 0.2) is 0 Å². The van der Waals surface area contributed by atoms with Crippen molar-refractivity contribution in [1.82, 2.24) is 14.8 Å². The molecule has 1 unspecified atom stereocenters. The van der Waals surface area contributed by atoms with E-state index in [1.807, 2.05) is 4.57 Å². The highest BCUT2D eigenvalue weighted by Gasteiger charge is 2.22. The number of aryl methyl sites for hydroxylation is 1. The molecule has 2 heterocycles. The number of aliphatic hydroxyl groups is 1. The fourth-order valence-corrected chi connectivity index (χ4v) is 1.95. The lowest BCUT2D eigenvalue weighted by atomic mass is 10.1. The van der Waals surface area contributed by atoms with Crippen molar-refractivity contribution in [2.75, 3.05) is 0 Å². The minimum atomic E-state index is -0.400. The zero-order valence-electron chi connectivity index (χ0n) is 8.77. The molecule has 14 heavy (non-hydrogen) atoms. The van der Waals surface area contributed by atoms with Gasteiger partial charge in [-0.2, -0.15) is 0 Å². The van der Waals surface area contributed by atoms with Gasteiger partial charge < -0.3 is 5.11 Å². The summed E-state index contributed by atoms with van der Waals surface area (Å²) in [5.41, 5.74) is 0. The molecular weight excluding hydrogens is 178 g/mol. The maximum Gasteiger partial charge on any atom is 0.135 e. The van der Waals surface area contributed by atoms with E-state index in [-0.39, 0.29) is 0 Å². The minimum absolute atomic E-state index is 0.400. The van der Waals surface area contributed by atoms with Crippen LogP contribution < -0.4 is 0 Å². The molecular formula is C10H17N3O. The monoisotopic (exact) mass is 195 g/mol. The highest BCUT2D eigenvalue weighted by molar-refractivity contribution is 5.01. The largest absolute Gasteiger partial charge is 0.373 e. The Morgan fingerprint density at radius 2 is 2.29 bits per heavy atom. The van der Waals surface area contributed by atoms with Gasteiger partial charge in [-0.1, -0.05) is 13.8 Å². The number of fused-ring (bicyclic) bond motifs is 1. The number of nitrogens with zero attached hydrogens (tertiary/aromatic N) is 3. The smallest absolute Gasteiger partial charge is 0.135 e. The lowest BCUT2D eigenvalue weighted by molar-refractivity contribution is 0.0744. The Hall–Kier alpha value is -0.900. The summed E-state index contributed by atoms with van der Waals surface area (Å²) in [7, 11) is 0. The molecule has 1 N–H and O–H groups in total. The molecule has 78 valence electrons. The summed E-state index contributed by atoms with van der Waals surface area (Å²) in [5, 5.41) is 18.1. The molecule has 0 aliphatic carbocycles. The summed E-state index contributed by atoms with van der Waals surface area (Å²) in [6, 6.07) is 0. The van der Waals surface area contributed by atoms with Gasteiger partial charge in [0.15, 0.2) is 0 Å². The molecule has 0 radical (unpaired) electrons. The first kappa shape index (κ1) is 9.65. The lowest BCUT2D eigenvalue weighted by Crippen LogP contribution is -2.20. The molecule has 0 bridgehead atoms. The normalized spacial score (nSPS) is 21.3. The van der Waals surface area contributed by atoms with Crippen molar-refractivity contribution in [3.8, 4) is 0 Å². The highest BCUT2D eigenvalue weighted by Crippen LogP contribution is 2.23. The summed E-state index contributed by atoms with van der Waals surface area (Å²) in [4.78, 5) is 0. The molecule has 0 saturated carbocycles. The second-order valence-corrected chi connectivity index (χ2v) is 4.37. The zero-order valence-corrected chi connectivity index (χ0v) is 8.77. The molecule has 2 rings (SSSR count). The van der Waals surface area contributed by atoms with E-state index in [0.717, 1.165) is 37.3 Å². The van der Waals surface area contributed by atoms with Crippen molar-refractivity contribution in [2.24, 2.45) is 5.92 Å². The molecule has 0 amide bonds. The maximum absolute atomic E-state index is 9.83. The molecule has 4 heteroatoms. The van der Waals surface area contributed by atoms with Gasteiger partial charge in [0.1, 0.15) is 17.9 Å². The van der Waals surface area contributed by atoms with Crippen molar-refractivity contribution < 1.29 is 5.11 Å². The molecule has 1 aliphatic heterocycles. The molecule has 0 spiro atoms. The Labute approximate surface area is 84.0 Å². The van der Waals surface area contributed by atoms with Crippen molar-refractivity contribution in [3.05, 3.63) is 11.6 Å². The Kier molecular flexibility index (Phi) is 2.54. The Balaban J connectivity index is 2.29. The fourth-order valence-electron chi connectivity index (χ4n) is 1.95. The van der Waals surface area contributed by atoms with Gasteiger partial charge in [0.25, 0.3) is 0 Å². The van der Waals surface area contributed by atoms with Gasteiger partial charge in [-0.25, -0.2) is 0 Å². The second-order valence-electron chi connectivity index (χ2n) is 4.37. The quantitative estimate of drug-likeness (QED) is 0.774. The van der Waals surface area contributed by atoms with E-state index in [9.17, 15) is 5.11 Å². The van der Waals surface area contributed by atoms with Crippen LogP contribution in [0.1, 0.15) is 44.6 Å². The van der Waals surface area contributed by atoms with E-state index in [1.54, 1.807) is 0 Å². The van der Waals surface area contributed by atoms with Crippen LogP contribution in [0.5, 0.6) is 0 Å². The van der Waals surface area contributed by atoms with E-state index in [4.69, 9.17) is 0 Å². The van der Waals surface area contributed by atoms with Crippen LogP contribution in [-0.2, 0) is 12.8 Å². The Bertz CT molecular complexity index is 319. The summed E-state index contributed by atoms with van der Waals surface area (Å²) in [6.45, 7) is 4.30. The van der Waals surface area contributed by atoms with Gasteiger partial charge in [0, 0.05) is 12.8 Å². The number of hydrogen-bond donors (Lipinski definition) is 1. The minimum Gasteiger partial charge on any atom is -0.373 e. The van der Waals surface area contributed by atoms with Gasteiger partial charge in [-0.3, -0.25) is 4.57 Å². The zero-order chi connectivity index (χ0) is 10.1. The number of rotatable bonds is 2. The van der Waals surface area contributed by atoms with E-state index in [2.05, 4.69) is 24.0 Å². The molecule has 1 aromatic heterocycles. The van der Waals surface area contributed by atoms with Crippen LogP contribution in [0.25, 0.3) is 0 Å². The Morgan fingerprint density at radius 1 is 1.50 bits per heavy atom. The van der Waals surface area contributed by atoms with E-state index in [1.165, 1.54) is 0 Å². The molecule has 0 aromatic carbocycles. The summed E-state index contributed by atoms with van der Waals surface area (Å²) in [5.74, 6) is 2.43. The van der Waals surface area contributed by atoms with Gasteiger partial charge in [0.05, 0.1) is 0 Å². The predicted molar refractivity (Wildman–Crippen MR) is 52.8 cm³/mol. The van der Waals surface area contributed by atoms with Crippen LogP contribution in [0.2, 0.25) is 0 Å². The number of aromatic nitrogens is 3. The third-order valence-electron chi connectivity index (χ3n) is 2.59. The van der Waals surface area contributed by atoms with Gasteiger partial charge in [-0.15, -0.1) is 10.2 Å². The lowest BCUT2D eigenvalue weighted by Gasteiger charge is -2.21.